The summed E-state index contributed by atoms with van der Waals surface area (Å²) in [5, 5.41) is 13.4. The first-order valence-corrected chi connectivity index (χ1v) is 9.42. The molecule has 1 aliphatic carbocycles. The molecule has 1 aromatic heterocycles. The van der Waals surface area contributed by atoms with Crippen LogP contribution in [0.2, 0.25) is 0 Å². The van der Waals surface area contributed by atoms with Crippen molar-refractivity contribution >= 4 is 33.2 Å². The number of aliphatic hydroxyl groups is 1. The van der Waals surface area contributed by atoms with E-state index in [1.54, 1.807) is 11.3 Å². The van der Waals surface area contributed by atoms with Crippen LogP contribution in [-0.2, 0) is 11.2 Å². The molecule has 21 heavy (non-hydrogen) atoms. The van der Waals surface area contributed by atoms with E-state index in [0.29, 0.717) is 13.0 Å². The molecule has 0 saturated heterocycles. The molecule has 3 nitrogen and oxygen atoms in total. The van der Waals surface area contributed by atoms with Gasteiger partial charge in [0.25, 0.3) is 0 Å². The van der Waals surface area contributed by atoms with Crippen molar-refractivity contribution in [3.8, 4) is 0 Å². The van der Waals surface area contributed by atoms with E-state index in [2.05, 4.69) is 27.3 Å². The highest BCUT2D eigenvalue weighted by atomic mass is 79.9. The molecule has 1 saturated carbocycles. The SMILES string of the molecule is O=C(CCCc1ccc(Br)s1)NCC1(O)CCCCCC1. The van der Waals surface area contributed by atoms with Crippen LogP contribution in [0.15, 0.2) is 15.9 Å². The molecule has 0 bridgehead atoms. The van der Waals surface area contributed by atoms with Crippen molar-refractivity contribution in [3.05, 3.63) is 20.8 Å². The number of rotatable bonds is 6. The van der Waals surface area contributed by atoms with Crippen LogP contribution >= 0.6 is 27.3 Å². The second kappa shape index (κ2) is 8.30. The topological polar surface area (TPSA) is 49.3 Å². The Morgan fingerprint density at radius 2 is 2.00 bits per heavy atom. The van der Waals surface area contributed by atoms with E-state index in [4.69, 9.17) is 0 Å². The smallest absolute Gasteiger partial charge is 0.220 e. The lowest BCUT2D eigenvalue weighted by atomic mass is 9.94. The number of nitrogens with one attached hydrogen (secondary N) is 1. The van der Waals surface area contributed by atoms with Crippen LogP contribution in [0.25, 0.3) is 0 Å². The van der Waals surface area contributed by atoms with Crippen LogP contribution in [-0.4, -0.2) is 23.2 Å². The molecule has 0 atom stereocenters. The van der Waals surface area contributed by atoms with Crippen molar-refractivity contribution < 1.29 is 9.90 Å². The van der Waals surface area contributed by atoms with Crippen LogP contribution in [0.5, 0.6) is 0 Å². The Bertz CT molecular complexity index is 453. The largest absolute Gasteiger partial charge is 0.388 e. The zero-order chi connectivity index (χ0) is 15.1. The summed E-state index contributed by atoms with van der Waals surface area (Å²) in [6.45, 7) is 0.413. The molecule has 1 fully saturated rings. The fourth-order valence-electron chi connectivity index (χ4n) is 2.82. The summed E-state index contributed by atoms with van der Waals surface area (Å²) in [5.41, 5.74) is -0.676. The number of thiophene rings is 1. The molecule has 0 spiro atoms. The first-order chi connectivity index (χ1) is 10.1. The lowest BCUT2D eigenvalue weighted by molar-refractivity contribution is -0.122. The summed E-state index contributed by atoms with van der Waals surface area (Å²) in [5.74, 6) is 0.0586. The van der Waals surface area contributed by atoms with Gasteiger partial charge >= 0.3 is 0 Å². The maximum atomic E-state index is 11.9. The second-order valence-electron chi connectivity index (χ2n) is 5.97. The fraction of sp³-hybridized carbons (Fsp3) is 0.688. The summed E-state index contributed by atoms with van der Waals surface area (Å²) in [4.78, 5) is 13.2. The van der Waals surface area contributed by atoms with Crippen LogP contribution in [0, 0.1) is 0 Å². The fourth-order valence-corrected chi connectivity index (χ4v) is 4.35. The summed E-state index contributed by atoms with van der Waals surface area (Å²) < 4.78 is 1.14. The quantitative estimate of drug-likeness (QED) is 0.739. The summed E-state index contributed by atoms with van der Waals surface area (Å²) in [6.07, 6.45) is 8.50. The zero-order valence-corrected chi connectivity index (χ0v) is 14.8. The lowest BCUT2D eigenvalue weighted by Gasteiger charge is -2.26. The van der Waals surface area contributed by atoms with Crippen molar-refractivity contribution in [1.29, 1.82) is 0 Å². The van der Waals surface area contributed by atoms with E-state index in [0.717, 1.165) is 42.3 Å². The highest BCUT2D eigenvalue weighted by molar-refractivity contribution is 9.11. The number of halogens is 1. The van der Waals surface area contributed by atoms with Crippen LogP contribution in [0.1, 0.15) is 56.2 Å². The van der Waals surface area contributed by atoms with E-state index in [-0.39, 0.29) is 5.91 Å². The van der Waals surface area contributed by atoms with Gasteiger partial charge in [-0.05, 0) is 53.7 Å². The highest BCUT2D eigenvalue weighted by Crippen LogP contribution is 2.26. The Kier molecular flexibility index (Phi) is 6.71. The molecule has 118 valence electrons. The highest BCUT2D eigenvalue weighted by Gasteiger charge is 2.28. The minimum absolute atomic E-state index is 0.0586. The van der Waals surface area contributed by atoms with Gasteiger partial charge in [0.1, 0.15) is 0 Å². The Hall–Kier alpha value is -0.390. The first kappa shape index (κ1) is 17.0. The number of amides is 1. The van der Waals surface area contributed by atoms with Gasteiger partial charge in [0.05, 0.1) is 9.39 Å². The number of carbonyl (C=O) groups is 1. The average molecular weight is 374 g/mol. The Balaban J connectivity index is 1.64. The molecule has 1 heterocycles. The van der Waals surface area contributed by atoms with E-state index >= 15 is 0 Å². The Labute approximate surface area is 139 Å². The van der Waals surface area contributed by atoms with E-state index in [1.807, 2.05) is 6.07 Å². The maximum absolute atomic E-state index is 11.9. The van der Waals surface area contributed by atoms with Gasteiger partial charge < -0.3 is 10.4 Å². The summed E-state index contributed by atoms with van der Waals surface area (Å²) >= 11 is 5.17. The van der Waals surface area contributed by atoms with Crippen molar-refractivity contribution in [2.45, 2.75) is 63.4 Å². The molecule has 2 rings (SSSR count). The standard InChI is InChI=1S/C16H24BrNO2S/c17-14-9-8-13(21-14)6-5-7-15(19)18-12-16(20)10-3-1-2-4-11-16/h8-9,20H,1-7,10-12H2,(H,18,19). The van der Waals surface area contributed by atoms with E-state index in [9.17, 15) is 9.90 Å². The second-order valence-corrected chi connectivity index (χ2v) is 8.52. The average Bonchev–Trinajstić information content (AvgIpc) is 2.74. The number of aryl methyl sites for hydroxylation is 1. The molecule has 0 aliphatic heterocycles. The van der Waals surface area contributed by atoms with Gasteiger partial charge in [-0.3, -0.25) is 4.79 Å². The number of hydrogen-bond acceptors (Lipinski definition) is 3. The van der Waals surface area contributed by atoms with Gasteiger partial charge in [-0.25, -0.2) is 0 Å². The van der Waals surface area contributed by atoms with Gasteiger partial charge in [0.15, 0.2) is 0 Å². The van der Waals surface area contributed by atoms with Gasteiger partial charge in [0, 0.05) is 17.8 Å². The minimum Gasteiger partial charge on any atom is -0.388 e. The van der Waals surface area contributed by atoms with E-state index in [1.165, 1.54) is 17.7 Å². The molecule has 1 aliphatic rings. The molecule has 2 N–H and O–H groups in total. The first-order valence-electron chi connectivity index (χ1n) is 7.81. The van der Waals surface area contributed by atoms with Gasteiger partial charge in [-0.15, -0.1) is 11.3 Å². The predicted molar refractivity (Wildman–Crippen MR) is 90.6 cm³/mol. The van der Waals surface area contributed by atoms with Crippen molar-refractivity contribution in [3.63, 3.8) is 0 Å². The minimum atomic E-state index is -0.676. The van der Waals surface area contributed by atoms with Crippen LogP contribution < -0.4 is 5.32 Å². The summed E-state index contributed by atoms with van der Waals surface area (Å²) in [6, 6.07) is 4.14. The molecule has 1 amide bonds. The maximum Gasteiger partial charge on any atom is 0.220 e. The third-order valence-corrected chi connectivity index (χ3v) is 5.79. The molecule has 0 radical (unpaired) electrons. The van der Waals surface area contributed by atoms with Crippen LogP contribution in [0.4, 0.5) is 0 Å². The Morgan fingerprint density at radius 1 is 1.29 bits per heavy atom. The lowest BCUT2D eigenvalue weighted by Crippen LogP contribution is -2.42. The van der Waals surface area contributed by atoms with Crippen molar-refractivity contribution in [1.82, 2.24) is 5.32 Å². The molecule has 1 aromatic rings. The normalized spacial score (nSPS) is 18.2. The molecule has 0 aromatic carbocycles. The Morgan fingerprint density at radius 3 is 2.62 bits per heavy atom. The van der Waals surface area contributed by atoms with Crippen LogP contribution in [0.3, 0.4) is 0 Å². The molecule has 5 heteroatoms. The summed E-state index contributed by atoms with van der Waals surface area (Å²) in [7, 11) is 0. The van der Waals surface area contributed by atoms with Gasteiger partial charge in [-0.2, -0.15) is 0 Å². The third-order valence-electron chi connectivity index (χ3n) is 4.10. The molecular weight excluding hydrogens is 350 g/mol. The molecule has 0 unspecified atom stereocenters. The molecular formula is C16H24BrNO2S. The van der Waals surface area contributed by atoms with Gasteiger partial charge in [-0.1, -0.05) is 25.7 Å². The monoisotopic (exact) mass is 373 g/mol. The van der Waals surface area contributed by atoms with Crippen molar-refractivity contribution in [2.24, 2.45) is 0 Å². The predicted octanol–water partition coefficient (Wildman–Crippen LogP) is 4.03. The number of carbonyl (C=O) groups excluding carboxylic acids is 1. The van der Waals surface area contributed by atoms with E-state index < -0.39 is 5.60 Å². The number of hydrogen-bond donors (Lipinski definition) is 2. The van der Waals surface area contributed by atoms with Crippen molar-refractivity contribution in [2.75, 3.05) is 6.54 Å². The third kappa shape index (κ3) is 6.09. The zero-order valence-electron chi connectivity index (χ0n) is 12.4. The van der Waals surface area contributed by atoms with Gasteiger partial charge in [0.2, 0.25) is 5.91 Å².